The largest absolute Gasteiger partial charge is 0.339 e. The Balaban J connectivity index is 2.61. The highest BCUT2D eigenvalue weighted by molar-refractivity contribution is 9.10. The van der Waals surface area contributed by atoms with Gasteiger partial charge in [0.25, 0.3) is 0 Å². The topological polar surface area (TPSA) is 41.6 Å². The van der Waals surface area contributed by atoms with Crippen LogP contribution in [0.3, 0.4) is 0 Å². The summed E-state index contributed by atoms with van der Waals surface area (Å²) in [6.45, 7) is 0. The standard InChI is InChI=1S/C10H5BrClN3/c11-5-1-2-7-6(3-5)8-9(12)13-4-14-10(8)15-7/h1-4H,(H,13,14,15). The van der Waals surface area contributed by atoms with Crippen molar-refractivity contribution in [1.82, 2.24) is 15.0 Å². The molecule has 3 aromatic rings. The summed E-state index contributed by atoms with van der Waals surface area (Å²) >= 11 is 9.47. The lowest BCUT2D eigenvalue weighted by atomic mass is 10.2. The van der Waals surface area contributed by atoms with Gasteiger partial charge in [-0.3, -0.25) is 0 Å². The van der Waals surface area contributed by atoms with E-state index < -0.39 is 0 Å². The van der Waals surface area contributed by atoms with E-state index in [1.807, 2.05) is 18.2 Å². The van der Waals surface area contributed by atoms with Crippen LogP contribution in [-0.4, -0.2) is 15.0 Å². The van der Waals surface area contributed by atoms with Gasteiger partial charge in [0.1, 0.15) is 17.1 Å². The summed E-state index contributed by atoms with van der Waals surface area (Å²) in [5, 5.41) is 2.38. The van der Waals surface area contributed by atoms with Crippen molar-refractivity contribution < 1.29 is 0 Å². The van der Waals surface area contributed by atoms with Crippen molar-refractivity contribution in [2.45, 2.75) is 0 Å². The quantitative estimate of drug-likeness (QED) is 0.641. The number of H-pyrrole nitrogens is 1. The van der Waals surface area contributed by atoms with E-state index in [2.05, 4.69) is 30.9 Å². The first kappa shape index (κ1) is 9.12. The Hall–Kier alpha value is -1.13. The highest BCUT2D eigenvalue weighted by Crippen LogP contribution is 2.30. The van der Waals surface area contributed by atoms with Gasteiger partial charge in [-0.1, -0.05) is 27.5 Å². The van der Waals surface area contributed by atoms with E-state index in [0.717, 1.165) is 26.4 Å². The predicted molar refractivity (Wildman–Crippen MR) is 64.1 cm³/mol. The first-order valence-corrected chi connectivity index (χ1v) is 5.50. The molecule has 2 aromatic heterocycles. The predicted octanol–water partition coefficient (Wildman–Crippen LogP) is 3.53. The Morgan fingerprint density at radius 2 is 2.13 bits per heavy atom. The van der Waals surface area contributed by atoms with Crippen LogP contribution in [0.2, 0.25) is 5.15 Å². The zero-order chi connectivity index (χ0) is 10.4. The smallest absolute Gasteiger partial charge is 0.143 e. The van der Waals surface area contributed by atoms with Crippen LogP contribution < -0.4 is 0 Å². The Morgan fingerprint density at radius 3 is 3.00 bits per heavy atom. The minimum Gasteiger partial charge on any atom is -0.339 e. The summed E-state index contributed by atoms with van der Waals surface area (Å²) in [4.78, 5) is 11.3. The SMILES string of the molecule is Clc1ncnc2[nH]c3ccc(Br)cc3c12. The molecule has 0 fully saturated rings. The molecular weight excluding hydrogens is 277 g/mol. The Bertz CT molecular complexity index is 662. The van der Waals surface area contributed by atoms with Gasteiger partial charge >= 0.3 is 0 Å². The molecule has 0 aliphatic carbocycles. The van der Waals surface area contributed by atoms with Crippen LogP contribution >= 0.6 is 27.5 Å². The third kappa shape index (κ3) is 1.33. The summed E-state index contributed by atoms with van der Waals surface area (Å²) in [6, 6.07) is 5.96. The van der Waals surface area contributed by atoms with E-state index >= 15 is 0 Å². The third-order valence-electron chi connectivity index (χ3n) is 2.31. The number of hydrogen-bond donors (Lipinski definition) is 1. The molecule has 0 saturated carbocycles. The maximum Gasteiger partial charge on any atom is 0.143 e. The van der Waals surface area contributed by atoms with Crippen molar-refractivity contribution in [2.75, 3.05) is 0 Å². The highest BCUT2D eigenvalue weighted by atomic mass is 79.9. The Morgan fingerprint density at radius 1 is 1.27 bits per heavy atom. The van der Waals surface area contributed by atoms with Gasteiger partial charge in [0.05, 0.1) is 5.39 Å². The summed E-state index contributed by atoms with van der Waals surface area (Å²) in [5.41, 5.74) is 1.78. The van der Waals surface area contributed by atoms with Crippen LogP contribution in [-0.2, 0) is 0 Å². The zero-order valence-electron chi connectivity index (χ0n) is 7.46. The summed E-state index contributed by atoms with van der Waals surface area (Å²) in [6.07, 6.45) is 1.45. The number of rotatable bonds is 0. The van der Waals surface area contributed by atoms with E-state index in [1.165, 1.54) is 6.33 Å². The van der Waals surface area contributed by atoms with Crippen LogP contribution in [0, 0.1) is 0 Å². The third-order valence-corrected chi connectivity index (χ3v) is 3.08. The van der Waals surface area contributed by atoms with Crippen molar-refractivity contribution in [2.24, 2.45) is 0 Å². The van der Waals surface area contributed by atoms with Gasteiger partial charge in [0, 0.05) is 15.4 Å². The second-order valence-corrected chi connectivity index (χ2v) is 4.48. The lowest BCUT2D eigenvalue weighted by molar-refractivity contribution is 1.21. The normalized spacial score (nSPS) is 11.3. The average molecular weight is 283 g/mol. The molecule has 0 amide bonds. The van der Waals surface area contributed by atoms with Crippen LogP contribution in [0.5, 0.6) is 0 Å². The number of aromatic nitrogens is 3. The monoisotopic (exact) mass is 281 g/mol. The van der Waals surface area contributed by atoms with E-state index in [1.54, 1.807) is 0 Å². The number of nitrogens with one attached hydrogen (secondary N) is 1. The lowest BCUT2D eigenvalue weighted by Gasteiger charge is -1.93. The Labute approximate surface area is 98.6 Å². The number of benzene rings is 1. The number of hydrogen-bond acceptors (Lipinski definition) is 2. The fourth-order valence-corrected chi connectivity index (χ4v) is 2.25. The first-order valence-electron chi connectivity index (χ1n) is 4.33. The lowest BCUT2D eigenvalue weighted by Crippen LogP contribution is -1.79. The zero-order valence-corrected chi connectivity index (χ0v) is 9.80. The minimum atomic E-state index is 0.476. The van der Waals surface area contributed by atoms with Crippen LogP contribution in [0.15, 0.2) is 29.0 Å². The molecule has 1 N–H and O–H groups in total. The van der Waals surface area contributed by atoms with Gasteiger partial charge in [0.15, 0.2) is 0 Å². The molecule has 2 heterocycles. The van der Waals surface area contributed by atoms with Gasteiger partial charge in [-0.2, -0.15) is 0 Å². The molecule has 0 aliphatic heterocycles. The maximum absolute atomic E-state index is 6.04. The van der Waals surface area contributed by atoms with E-state index in [9.17, 15) is 0 Å². The molecule has 0 unspecified atom stereocenters. The Kier molecular flexibility index (Phi) is 1.94. The molecule has 74 valence electrons. The summed E-state index contributed by atoms with van der Waals surface area (Å²) < 4.78 is 1.01. The molecule has 1 aromatic carbocycles. The molecule has 3 rings (SSSR count). The van der Waals surface area contributed by atoms with Crippen molar-refractivity contribution in [3.8, 4) is 0 Å². The minimum absolute atomic E-state index is 0.476. The van der Waals surface area contributed by atoms with Gasteiger partial charge in [0.2, 0.25) is 0 Å². The van der Waals surface area contributed by atoms with Crippen LogP contribution in [0.1, 0.15) is 0 Å². The van der Waals surface area contributed by atoms with E-state index in [-0.39, 0.29) is 0 Å². The van der Waals surface area contributed by atoms with E-state index in [4.69, 9.17) is 11.6 Å². The maximum atomic E-state index is 6.04. The van der Waals surface area contributed by atoms with Crippen molar-refractivity contribution in [3.05, 3.63) is 34.2 Å². The van der Waals surface area contributed by atoms with Crippen molar-refractivity contribution >= 4 is 49.5 Å². The van der Waals surface area contributed by atoms with E-state index in [0.29, 0.717) is 5.15 Å². The number of halogens is 2. The van der Waals surface area contributed by atoms with Gasteiger partial charge in [-0.15, -0.1) is 0 Å². The highest BCUT2D eigenvalue weighted by Gasteiger charge is 2.09. The van der Waals surface area contributed by atoms with Gasteiger partial charge in [-0.25, -0.2) is 9.97 Å². The summed E-state index contributed by atoms with van der Waals surface area (Å²) in [5.74, 6) is 0. The molecule has 0 aliphatic rings. The molecule has 15 heavy (non-hydrogen) atoms. The number of fused-ring (bicyclic) bond motifs is 3. The molecule has 0 saturated heterocycles. The van der Waals surface area contributed by atoms with Crippen LogP contribution in [0.4, 0.5) is 0 Å². The van der Waals surface area contributed by atoms with Gasteiger partial charge in [-0.05, 0) is 18.2 Å². The second-order valence-electron chi connectivity index (χ2n) is 3.20. The molecule has 0 radical (unpaired) electrons. The van der Waals surface area contributed by atoms with Crippen molar-refractivity contribution in [3.63, 3.8) is 0 Å². The number of nitrogens with zero attached hydrogens (tertiary/aromatic N) is 2. The fourth-order valence-electron chi connectivity index (χ4n) is 1.66. The van der Waals surface area contributed by atoms with Crippen molar-refractivity contribution in [1.29, 1.82) is 0 Å². The number of aromatic amines is 1. The summed E-state index contributed by atoms with van der Waals surface area (Å²) in [7, 11) is 0. The first-order chi connectivity index (χ1) is 7.25. The molecule has 3 nitrogen and oxygen atoms in total. The molecule has 0 bridgehead atoms. The molecular formula is C10H5BrClN3. The molecule has 5 heteroatoms. The second kappa shape index (κ2) is 3.18. The average Bonchev–Trinajstić information content (AvgIpc) is 2.57. The molecule has 0 atom stereocenters. The van der Waals surface area contributed by atoms with Crippen LogP contribution in [0.25, 0.3) is 21.9 Å². The fraction of sp³-hybridized carbons (Fsp3) is 0. The molecule has 0 spiro atoms. The van der Waals surface area contributed by atoms with Gasteiger partial charge < -0.3 is 4.98 Å².